The molecule has 17 nitrogen and oxygen atoms in total. The van der Waals surface area contributed by atoms with Crippen LogP contribution in [0.25, 0.3) is 21.8 Å². The van der Waals surface area contributed by atoms with Crippen LogP contribution in [0.15, 0.2) is 24.3 Å². The number of nitrogens with zero attached hydrogens (tertiary/aromatic N) is 8. The molecule has 10 rings (SSSR count). The summed E-state index contributed by atoms with van der Waals surface area (Å²) < 4.78 is 22.4. The van der Waals surface area contributed by atoms with Crippen molar-refractivity contribution in [3.8, 4) is 23.0 Å². The Morgan fingerprint density at radius 3 is 0.948 bits per heavy atom. The first-order chi connectivity index (χ1) is 33.5. The van der Waals surface area contributed by atoms with Gasteiger partial charge in [-0.2, -0.15) is 9.97 Å². The van der Waals surface area contributed by atoms with Crippen LogP contribution in [-0.2, 0) is 0 Å². The molecule has 0 spiro atoms. The zero-order valence-electron chi connectivity index (χ0n) is 46.0. The number of aromatic nitrogens is 4. The van der Waals surface area contributed by atoms with Gasteiger partial charge in [0.2, 0.25) is 11.9 Å². The molecule has 6 aliphatic rings. The van der Waals surface area contributed by atoms with E-state index < -0.39 is 0 Å². The van der Waals surface area contributed by atoms with E-state index in [4.69, 9.17) is 38.9 Å². The van der Waals surface area contributed by atoms with Gasteiger partial charge in [-0.1, -0.05) is 64.2 Å². The van der Waals surface area contributed by atoms with Crippen LogP contribution in [0.3, 0.4) is 0 Å². The van der Waals surface area contributed by atoms with Crippen molar-refractivity contribution < 1.29 is 35.4 Å². The molecule has 8 N–H and O–H groups in total. The van der Waals surface area contributed by atoms with Crippen molar-refractivity contribution in [2.45, 2.75) is 165 Å². The molecule has 23 heteroatoms. The lowest BCUT2D eigenvalue weighted by molar-refractivity contribution is 0.141. The fourth-order valence-corrected chi connectivity index (χ4v) is 12.1. The Bertz CT molecular complexity index is 2090. The highest BCUT2D eigenvalue weighted by molar-refractivity contribution is 5.94. The zero-order chi connectivity index (χ0) is 46.7. The monoisotopic (exact) mass is 1200 g/mol. The summed E-state index contributed by atoms with van der Waals surface area (Å²) in [5.41, 5.74) is 1.83. The molecule has 2 saturated carbocycles. The topological polar surface area (TPSA) is 220 Å². The van der Waals surface area contributed by atoms with Crippen LogP contribution in [0.4, 0.5) is 23.5 Å². The Hall–Kier alpha value is -2.94. The molecular formula is C54H94Cl6N10O7. The van der Waals surface area contributed by atoms with Crippen LogP contribution >= 0.6 is 74.4 Å². The van der Waals surface area contributed by atoms with Crippen molar-refractivity contribution in [2.75, 3.05) is 101 Å². The number of piperidine rings is 4. The summed E-state index contributed by atoms with van der Waals surface area (Å²) in [6.07, 6.45) is 28.3. The summed E-state index contributed by atoms with van der Waals surface area (Å²) >= 11 is 0. The number of nitrogens with one attached hydrogen (secondary N) is 2. The van der Waals surface area contributed by atoms with Crippen LogP contribution in [0, 0.1) is 0 Å². The lowest BCUT2D eigenvalue weighted by Crippen LogP contribution is -2.47. The number of halogens is 6. The Kier molecular flexibility index (Phi) is 35.7. The summed E-state index contributed by atoms with van der Waals surface area (Å²) in [4.78, 5) is 30.5. The van der Waals surface area contributed by atoms with Crippen LogP contribution in [0.2, 0.25) is 0 Å². The van der Waals surface area contributed by atoms with Gasteiger partial charge in [-0.3, -0.25) is 0 Å². The average molecular weight is 1210 g/mol. The fraction of sp³-hybridized carbons (Fsp3) is 0.704. The maximum atomic E-state index is 5.60. The molecule has 4 aliphatic heterocycles. The average Bonchev–Trinajstić information content (AvgIpc) is 3.84. The number of benzene rings is 2. The maximum absolute atomic E-state index is 5.60. The third-order valence-electron chi connectivity index (χ3n) is 16.1. The third-order valence-corrected chi connectivity index (χ3v) is 16.1. The van der Waals surface area contributed by atoms with E-state index in [9.17, 15) is 0 Å². The minimum absolute atomic E-state index is 0. The summed E-state index contributed by atoms with van der Waals surface area (Å²) in [5.74, 6) is 6.42. The number of ether oxygens (including phenoxy) is 4. The second kappa shape index (κ2) is 37.1. The quantitative estimate of drug-likeness (QED) is 0.126. The number of rotatable bonds is 12. The van der Waals surface area contributed by atoms with Crippen molar-refractivity contribution in [1.82, 2.24) is 29.7 Å². The molecular weight excluding hydrogens is 1110 g/mol. The van der Waals surface area contributed by atoms with Gasteiger partial charge in [-0.05, 0) is 115 Å². The van der Waals surface area contributed by atoms with Crippen molar-refractivity contribution in [1.29, 1.82) is 0 Å². The summed E-state index contributed by atoms with van der Waals surface area (Å²) in [6.45, 7) is 9.15. The first kappa shape index (κ1) is 74.1. The van der Waals surface area contributed by atoms with E-state index in [0.717, 1.165) is 83.0 Å². The molecule has 0 bridgehead atoms. The fourth-order valence-electron chi connectivity index (χ4n) is 12.1. The Labute approximate surface area is 496 Å². The minimum atomic E-state index is 0. The van der Waals surface area contributed by atoms with E-state index >= 15 is 0 Å². The lowest BCUT2D eigenvalue weighted by Gasteiger charge is -2.40. The second-order valence-electron chi connectivity index (χ2n) is 20.5. The maximum Gasteiger partial charge on any atom is 0.227 e. The van der Waals surface area contributed by atoms with E-state index in [1.165, 1.54) is 167 Å². The van der Waals surface area contributed by atoms with Crippen molar-refractivity contribution >= 4 is 120 Å². The predicted molar refractivity (Wildman–Crippen MR) is 331 cm³/mol. The van der Waals surface area contributed by atoms with Crippen molar-refractivity contribution in [3.63, 3.8) is 0 Å². The van der Waals surface area contributed by atoms with Gasteiger partial charge in [0.1, 0.15) is 11.6 Å². The van der Waals surface area contributed by atoms with Crippen LogP contribution in [0.5, 0.6) is 23.0 Å². The van der Waals surface area contributed by atoms with Gasteiger partial charge >= 0.3 is 0 Å². The van der Waals surface area contributed by atoms with E-state index in [2.05, 4.69) is 30.2 Å². The largest absolute Gasteiger partial charge is 0.493 e. The summed E-state index contributed by atoms with van der Waals surface area (Å²) in [6, 6.07) is 10.4. The molecule has 0 amide bonds. The predicted octanol–water partition coefficient (Wildman–Crippen LogP) is 10.5. The molecule has 77 heavy (non-hydrogen) atoms. The number of hydrogen-bond donors (Lipinski definition) is 2. The molecule has 2 aromatic carbocycles. The van der Waals surface area contributed by atoms with Gasteiger partial charge in [0.05, 0.1) is 39.5 Å². The van der Waals surface area contributed by atoms with Gasteiger partial charge in [-0.25, -0.2) is 9.97 Å². The van der Waals surface area contributed by atoms with Crippen LogP contribution < -0.4 is 39.4 Å². The van der Waals surface area contributed by atoms with Gasteiger partial charge < -0.3 is 65.6 Å². The van der Waals surface area contributed by atoms with E-state index in [-0.39, 0.29) is 90.9 Å². The van der Waals surface area contributed by atoms with E-state index in [1.807, 2.05) is 24.3 Å². The van der Waals surface area contributed by atoms with Crippen LogP contribution in [0.1, 0.15) is 141 Å². The van der Waals surface area contributed by atoms with Crippen molar-refractivity contribution in [2.24, 2.45) is 0 Å². The molecule has 4 saturated heterocycles. The lowest BCUT2D eigenvalue weighted by atomic mass is 10.00. The molecule has 0 radical (unpaired) electrons. The third kappa shape index (κ3) is 19.1. The molecule has 444 valence electrons. The molecule has 0 atom stereocenters. The highest BCUT2D eigenvalue weighted by atomic mass is 35.5. The SMILES string of the molecule is COc1cc2nc(N3CCC(N4CCCCC4)CC3)nc(NC3CCCCCC3)c2cc1OC.COc1cc2nc(N3CCC(N4CCCCC4)CC3)nc(NC3CCCCCC3)c2cc1OC.Cl.Cl.Cl.Cl.Cl.Cl.O.O.O. The van der Waals surface area contributed by atoms with Crippen molar-refractivity contribution in [3.05, 3.63) is 24.3 Å². The molecule has 6 heterocycles. The summed E-state index contributed by atoms with van der Waals surface area (Å²) in [5, 5.41) is 9.64. The molecule has 2 aromatic heterocycles. The molecule has 0 unspecified atom stereocenters. The first-order valence-corrected chi connectivity index (χ1v) is 26.9. The zero-order valence-corrected chi connectivity index (χ0v) is 50.9. The molecule has 4 aromatic rings. The Balaban J connectivity index is 0.00000134. The highest BCUT2D eigenvalue weighted by Gasteiger charge is 2.30. The Morgan fingerprint density at radius 1 is 0.364 bits per heavy atom. The van der Waals surface area contributed by atoms with Crippen LogP contribution in [-0.4, -0.2) is 151 Å². The molecule has 6 fully saturated rings. The van der Waals surface area contributed by atoms with Gasteiger partial charge in [-0.15, -0.1) is 74.4 Å². The molecule has 2 aliphatic carbocycles. The number of fused-ring (bicyclic) bond motifs is 2. The van der Waals surface area contributed by atoms with E-state index in [0.29, 0.717) is 35.7 Å². The second-order valence-corrected chi connectivity index (χ2v) is 20.5. The number of methoxy groups -OCH3 is 4. The number of likely N-dealkylation sites (tertiary alicyclic amines) is 2. The van der Waals surface area contributed by atoms with E-state index in [1.54, 1.807) is 28.4 Å². The Morgan fingerprint density at radius 2 is 0.649 bits per heavy atom. The first-order valence-electron chi connectivity index (χ1n) is 26.9. The van der Waals surface area contributed by atoms with Gasteiger partial charge in [0.25, 0.3) is 0 Å². The standard InChI is InChI=1S/2C27H41N5O2.6ClH.3H2O/c2*1-33-24-18-22-23(19-25(24)34-2)29-27(30-26(22)28-20-10-6-3-4-7-11-20)32-16-12-21(13-17-32)31-14-8-5-9-15-31;;;;;;;;;/h2*18-21H,3-17H2,1-2H3,(H,28,29,30);6*1H;3*1H2. The van der Waals surface area contributed by atoms with Gasteiger partial charge in [0, 0.05) is 73.3 Å². The minimum Gasteiger partial charge on any atom is -0.493 e. The smallest absolute Gasteiger partial charge is 0.227 e. The highest BCUT2D eigenvalue weighted by Crippen LogP contribution is 2.39. The van der Waals surface area contributed by atoms with Gasteiger partial charge in [0.15, 0.2) is 23.0 Å². The number of anilines is 4. The summed E-state index contributed by atoms with van der Waals surface area (Å²) in [7, 11) is 6.73. The normalized spacial score (nSPS) is 18.9. The number of hydrogen-bond acceptors (Lipinski definition) is 14.